The van der Waals surface area contributed by atoms with Gasteiger partial charge in [-0.25, -0.2) is 15.0 Å². The third-order valence-corrected chi connectivity index (χ3v) is 8.28. The molecule has 0 spiro atoms. The largest absolute Gasteiger partial charge is 0.473 e. The van der Waals surface area contributed by atoms with E-state index in [2.05, 4.69) is 26.3 Å². The quantitative estimate of drug-likeness (QED) is 0.366. The van der Waals surface area contributed by atoms with Gasteiger partial charge in [0.05, 0.1) is 23.4 Å². The lowest BCUT2D eigenvalue weighted by atomic mass is 9.83. The number of nitrogens with zero attached hydrogens (tertiary/aromatic N) is 3. The number of rotatable bonds is 8. The van der Waals surface area contributed by atoms with Crippen molar-refractivity contribution in [2.45, 2.75) is 108 Å². The van der Waals surface area contributed by atoms with Crippen LogP contribution in [-0.2, 0) is 4.74 Å². The van der Waals surface area contributed by atoms with Gasteiger partial charge in [0, 0.05) is 56.1 Å². The Hall–Kier alpha value is -2.50. The molecule has 4 N–H and O–H groups in total. The zero-order valence-corrected chi connectivity index (χ0v) is 23.0. The fourth-order valence-corrected chi connectivity index (χ4v) is 6.26. The van der Waals surface area contributed by atoms with Crippen molar-refractivity contribution in [1.82, 2.24) is 15.0 Å². The molecule has 220 valence electrons. The lowest BCUT2D eigenvalue weighted by Gasteiger charge is -2.27. The molecule has 3 aliphatic rings. The topological polar surface area (TPSA) is 115 Å². The van der Waals surface area contributed by atoms with Crippen LogP contribution in [0.25, 0.3) is 10.9 Å². The van der Waals surface area contributed by atoms with Crippen LogP contribution in [0.1, 0.15) is 82.6 Å². The van der Waals surface area contributed by atoms with Crippen molar-refractivity contribution in [3.05, 3.63) is 29.6 Å². The molecule has 40 heavy (non-hydrogen) atoms. The molecular weight excluding hydrogens is 523 g/mol. The van der Waals surface area contributed by atoms with Crippen LogP contribution in [0, 0.1) is 5.92 Å². The maximum atomic E-state index is 12.9. The van der Waals surface area contributed by atoms with E-state index in [1.165, 1.54) is 12.5 Å². The minimum atomic E-state index is -4.29. The zero-order valence-electron chi connectivity index (χ0n) is 23.0. The molecule has 0 amide bonds. The predicted octanol–water partition coefficient (Wildman–Crippen LogP) is 5.41. The van der Waals surface area contributed by atoms with Crippen LogP contribution in [0.5, 0.6) is 5.88 Å². The zero-order chi connectivity index (χ0) is 28.3. The van der Waals surface area contributed by atoms with Crippen LogP contribution < -0.4 is 15.8 Å². The molecule has 1 saturated heterocycles. The van der Waals surface area contributed by atoms with E-state index < -0.39 is 18.6 Å². The SMILES string of the molecule is C[C@@H](CC(F)(F)F)Nc1ncc2c(O[C@H]3CC=C(C[C@H]4CCOC4)C[C@@H](N)C3)ncc(C3CCC(O)CC3)c2n1. The van der Waals surface area contributed by atoms with E-state index in [1.54, 1.807) is 12.4 Å². The summed E-state index contributed by atoms with van der Waals surface area (Å²) in [5, 5.41) is 13.4. The molecule has 0 bridgehead atoms. The number of hydrogen-bond donors (Lipinski definition) is 3. The van der Waals surface area contributed by atoms with E-state index in [1.807, 2.05) is 0 Å². The Labute approximate surface area is 233 Å². The minimum Gasteiger partial charge on any atom is -0.473 e. The molecule has 0 unspecified atom stereocenters. The lowest BCUT2D eigenvalue weighted by molar-refractivity contribution is -0.136. The van der Waals surface area contributed by atoms with E-state index >= 15 is 0 Å². The van der Waals surface area contributed by atoms with Crippen molar-refractivity contribution in [3.8, 4) is 5.88 Å². The number of halogens is 3. The van der Waals surface area contributed by atoms with Gasteiger partial charge < -0.3 is 25.6 Å². The van der Waals surface area contributed by atoms with Crippen molar-refractivity contribution >= 4 is 16.9 Å². The molecule has 2 fully saturated rings. The molecule has 0 radical (unpaired) electrons. The number of aromatic nitrogens is 3. The Balaban J connectivity index is 1.39. The summed E-state index contributed by atoms with van der Waals surface area (Å²) in [4.78, 5) is 13.7. The number of aliphatic hydroxyl groups excluding tert-OH is 1. The molecule has 2 aliphatic carbocycles. The molecule has 4 atom stereocenters. The Morgan fingerprint density at radius 1 is 1.18 bits per heavy atom. The highest BCUT2D eigenvalue weighted by Crippen LogP contribution is 2.38. The first kappa shape index (κ1) is 29.0. The molecule has 3 heterocycles. The number of aliphatic hydroxyl groups is 1. The number of nitrogens with two attached hydrogens (primary N) is 1. The number of hydrogen-bond acceptors (Lipinski definition) is 8. The fraction of sp³-hybridized carbons (Fsp3) is 0.690. The molecule has 5 rings (SSSR count). The maximum absolute atomic E-state index is 12.9. The Morgan fingerprint density at radius 3 is 2.70 bits per heavy atom. The summed E-state index contributed by atoms with van der Waals surface area (Å²) in [7, 11) is 0. The average molecular weight is 564 g/mol. The fourth-order valence-electron chi connectivity index (χ4n) is 6.26. The molecular formula is C29H40F3N5O3. The summed E-state index contributed by atoms with van der Waals surface area (Å²) in [5.41, 5.74) is 9.38. The highest BCUT2D eigenvalue weighted by atomic mass is 19.4. The van der Waals surface area contributed by atoms with Gasteiger partial charge in [-0.3, -0.25) is 0 Å². The highest BCUT2D eigenvalue weighted by Gasteiger charge is 2.31. The van der Waals surface area contributed by atoms with Crippen LogP contribution in [-0.4, -0.2) is 63.7 Å². The van der Waals surface area contributed by atoms with Crippen molar-refractivity contribution in [2.75, 3.05) is 18.5 Å². The standard InChI is InChI=1S/C29H40F3N5O3/c1-17(13-29(30,31)32)36-28-35-15-25-26(37-28)24(20-3-5-22(38)6-4-20)14-34-27(25)40-23-7-2-18(11-21(33)12-23)10-19-8-9-39-16-19/h2,14-15,17,19-23,38H,3-13,16,33H2,1H3,(H,35,36,37)/t17-,19+,20?,21+,22?,23-/m0/s1. The molecule has 0 aromatic carbocycles. The van der Waals surface area contributed by atoms with Gasteiger partial charge in [0.25, 0.3) is 0 Å². The minimum absolute atomic E-state index is 0.0255. The van der Waals surface area contributed by atoms with Crippen LogP contribution >= 0.6 is 0 Å². The number of anilines is 1. The smallest absolute Gasteiger partial charge is 0.391 e. The van der Waals surface area contributed by atoms with Crippen LogP contribution in [0.3, 0.4) is 0 Å². The lowest BCUT2D eigenvalue weighted by Crippen LogP contribution is -2.28. The third-order valence-electron chi connectivity index (χ3n) is 8.28. The summed E-state index contributed by atoms with van der Waals surface area (Å²) in [6, 6.07) is -0.907. The Bertz CT molecular complexity index is 1180. The van der Waals surface area contributed by atoms with Crippen molar-refractivity contribution in [3.63, 3.8) is 0 Å². The van der Waals surface area contributed by atoms with Crippen molar-refractivity contribution < 1.29 is 27.8 Å². The van der Waals surface area contributed by atoms with Gasteiger partial charge in [-0.2, -0.15) is 13.2 Å². The molecule has 11 heteroatoms. The Kier molecular flexibility index (Phi) is 9.11. The first-order valence-electron chi connectivity index (χ1n) is 14.5. The highest BCUT2D eigenvalue weighted by molar-refractivity contribution is 5.86. The molecule has 2 aromatic heterocycles. The predicted molar refractivity (Wildman–Crippen MR) is 146 cm³/mol. The number of nitrogens with one attached hydrogen (secondary N) is 1. The molecule has 1 saturated carbocycles. The third kappa shape index (κ3) is 7.61. The second-order valence-corrected chi connectivity index (χ2v) is 11.8. The number of pyridine rings is 1. The van der Waals surface area contributed by atoms with Gasteiger partial charge in [-0.05, 0) is 63.7 Å². The summed E-state index contributed by atoms with van der Waals surface area (Å²) in [6.07, 6.45) is 7.12. The van der Waals surface area contributed by atoms with Gasteiger partial charge in [0.15, 0.2) is 0 Å². The van der Waals surface area contributed by atoms with E-state index in [0.717, 1.165) is 57.3 Å². The summed E-state index contributed by atoms with van der Waals surface area (Å²) in [6.45, 7) is 3.09. The maximum Gasteiger partial charge on any atom is 0.391 e. The van der Waals surface area contributed by atoms with Gasteiger partial charge in [0.2, 0.25) is 11.8 Å². The second-order valence-electron chi connectivity index (χ2n) is 11.8. The second kappa shape index (κ2) is 12.6. The van der Waals surface area contributed by atoms with Crippen LogP contribution in [0.4, 0.5) is 19.1 Å². The Morgan fingerprint density at radius 2 is 1.98 bits per heavy atom. The number of fused-ring (bicyclic) bond motifs is 1. The van der Waals surface area contributed by atoms with E-state index in [4.69, 9.17) is 15.2 Å². The summed E-state index contributed by atoms with van der Waals surface area (Å²) >= 11 is 0. The van der Waals surface area contributed by atoms with Gasteiger partial charge >= 0.3 is 6.18 Å². The van der Waals surface area contributed by atoms with Gasteiger partial charge in [-0.15, -0.1) is 0 Å². The molecule has 8 nitrogen and oxygen atoms in total. The van der Waals surface area contributed by atoms with E-state index in [0.29, 0.717) is 42.0 Å². The first-order valence-corrected chi connectivity index (χ1v) is 14.5. The normalized spacial score (nSPS) is 28.6. The van der Waals surface area contributed by atoms with Gasteiger partial charge in [0.1, 0.15) is 6.10 Å². The van der Waals surface area contributed by atoms with E-state index in [9.17, 15) is 18.3 Å². The molecule has 2 aromatic rings. The van der Waals surface area contributed by atoms with Crippen LogP contribution in [0.15, 0.2) is 24.0 Å². The summed E-state index contributed by atoms with van der Waals surface area (Å²) in [5.74, 6) is 1.23. The van der Waals surface area contributed by atoms with E-state index in [-0.39, 0.29) is 30.1 Å². The molecule has 1 aliphatic heterocycles. The number of alkyl halides is 3. The van der Waals surface area contributed by atoms with Crippen molar-refractivity contribution in [1.29, 1.82) is 0 Å². The first-order chi connectivity index (χ1) is 19.1. The van der Waals surface area contributed by atoms with Crippen LogP contribution in [0.2, 0.25) is 0 Å². The van der Waals surface area contributed by atoms with Gasteiger partial charge in [-0.1, -0.05) is 11.6 Å². The monoisotopic (exact) mass is 563 g/mol. The summed E-state index contributed by atoms with van der Waals surface area (Å²) < 4.78 is 50.7. The number of ether oxygens (including phenoxy) is 2. The van der Waals surface area contributed by atoms with Crippen molar-refractivity contribution in [2.24, 2.45) is 11.7 Å². The average Bonchev–Trinajstić information content (AvgIpc) is 3.33.